The van der Waals surface area contributed by atoms with Crippen LogP contribution in [0, 0.1) is 0 Å². The van der Waals surface area contributed by atoms with Gasteiger partial charge in [0.15, 0.2) is 11.5 Å². The van der Waals surface area contributed by atoms with Gasteiger partial charge in [-0.25, -0.2) is 5.43 Å². The van der Waals surface area contributed by atoms with Gasteiger partial charge in [0.1, 0.15) is 11.5 Å². The molecule has 0 aromatic heterocycles. The molecule has 0 aliphatic carbocycles. The van der Waals surface area contributed by atoms with Crippen molar-refractivity contribution in [3.05, 3.63) is 45.9 Å². The Bertz CT molecular complexity index is 808. The number of phenols is 1. The summed E-state index contributed by atoms with van der Waals surface area (Å²) < 4.78 is 15.8. The first kappa shape index (κ1) is 18.6. The zero-order chi connectivity index (χ0) is 18.4. The normalized spacial score (nSPS) is 10.6. The molecule has 2 N–H and O–H groups in total. The van der Waals surface area contributed by atoms with Crippen molar-refractivity contribution in [2.45, 2.75) is 0 Å². The monoisotopic (exact) mass is 408 g/mol. The third-order valence-corrected chi connectivity index (χ3v) is 3.91. The minimum atomic E-state index is -0.430. The molecule has 0 aliphatic rings. The smallest absolute Gasteiger partial charge is 0.275 e. The Kier molecular flexibility index (Phi) is 6.24. The van der Waals surface area contributed by atoms with E-state index >= 15 is 0 Å². The molecule has 1 amide bonds. The zero-order valence-corrected chi connectivity index (χ0v) is 15.5. The Hall–Kier alpha value is -2.74. The number of ether oxygens (including phenoxy) is 3. The van der Waals surface area contributed by atoms with Crippen molar-refractivity contribution in [3.8, 4) is 23.0 Å². The number of hydrogen-bond acceptors (Lipinski definition) is 6. The molecular formula is C17H17BrN2O5. The van der Waals surface area contributed by atoms with Gasteiger partial charge in [0, 0.05) is 6.07 Å². The SMILES string of the molecule is COc1ccc(C(=O)N/N=C\c2cc(Br)c(O)c(OC)c2)c(OC)c1. The predicted molar refractivity (Wildman–Crippen MR) is 97.0 cm³/mol. The maximum atomic E-state index is 12.2. The van der Waals surface area contributed by atoms with Crippen LogP contribution in [0.2, 0.25) is 0 Å². The third-order valence-electron chi connectivity index (χ3n) is 3.30. The molecule has 0 atom stereocenters. The van der Waals surface area contributed by atoms with Gasteiger partial charge in [0.2, 0.25) is 0 Å². The highest BCUT2D eigenvalue weighted by Crippen LogP contribution is 2.34. The van der Waals surface area contributed by atoms with Gasteiger partial charge in [-0.1, -0.05) is 0 Å². The number of carbonyl (C=O) groups excluding carboxylic acids is 1. The molecule has 0 radical (unpaired) electrons. The van der Waals surface area contributed by atoms with Crippen LogP contribution in [0.5, 0.6) is 23.0 Å². The molecule has 8 heteroatoms. The van der Waals surface area contributed by atoms with Gasteiger partial charge in [-0.2, -0.15) is 5.10 Å². The molecule has 0 saturated heterocycles. The van der Waals surface area contributed by atoms with Crippen LogP contribution in [0.25, 0.3) is 0 Å². The molecule has 0 aliphatic heterocycles. The molecule has 132 valence electrons. The Morgan fingerprint density at radius 3 is 2.48 bits per heavy atom. The van der Waals surface area contributed by atoms with Gasteiger partial charge in [0.25, 0.3) is 5.91 Å². The maximum absolute atomic E-state index is 12.2. The summed E-state index contributed by atoms with van der Waals surface area (Å²) in [4.78, 5) is 12.2. The highest BCUT2D eigenvalue weighted by atomic mass is 79.9. The van der Waals surface area contributed by atoms with Crippen molar-refractivity contribution in [3.63, 3.8) is 0 Å². The minimum Gasteiger partial charge on any atom is -0.503 e. The molecule has 7 nitrogen and oxygen atoms in total. The molecule has 0 unspecified atom stereocenters. The van der Waals surface area contributed by atoms with Gasteiger partial charge in [-0.05, 0) is 45.8 Å². The summed E-state index contributed by atoms with van der Waals surface area (Å²) in [5.41, 5.74) is 3.37. The van der Waals surface area contributed by atoms with Crippen LogP contribution < -0.4 is 19.6 Å². The number of hydrazone groups is 1. The summed E-state index contributed by atoms with van der Waals surface area (Å²) in [7, 11) is 4.44. The number of halogens is 1. The van der Waals surface area contributed by atoms with Gasteiger partial charge in [-0.3, -0.25) is 4.79 Å². The first-order chi connectivity index (χ1) is 12.0. The molecule has 2 aromatic rings. The van der Waals surface area contributed by atoms with Crippen molar-refractivity contribution in [2.24, 2.45) is 5.10 Å². The van der Waals surface area contributed by atoms with Crippen LogP contribution in [0.4, 0.5) is 0 Å². The molecule has 0 bridgehead atoms. The molecular weight excluding hydrogens is 392 g/mol. The first-order valence-corrected chi connectivity index (χ1v) is 7.91. The van der Waals surface area contributed by atoms with Crippen molar-refractivity contribution in [1.82, 2.24) is 5.43 Å². The van der Waals surface area contributed by atoms with Crippen LogP contribution in [0.15, 0.2) is 39.9 Å². The lowest BCUT2D eigenvalue weighted by Gasteiger charge is -2.09. The number of amides is 1. The number of hydrogen-bond donors (Lipinski definition) is 2. The second-order valence-electron chi connectivity index (χ2n) is 4.82. The molecule has 0 spiro atoms. The fourth-order valence-electron chi connectivity index (χ4n) is 2.04. The number of methoxy groups -OCH3 is 3. The second-order valence-corrected chi connectivity index (χ2v) is 5.67. The molecule has 25 heavy (non-hydrogen) atoms. The number of carbonyl (C=O) groups is 1. The third kappa shape index (κ3) is 4.42. The summed E-state index contributed by atoms with van der Waals surface area (Å²) in [6, 6.07) is 8.08. The number of nitrogens with zero attached hydrogens (tertiary/aromatic N) is 1. The molecule has 0 heterocycles. The van der Waals surface area contributed by atoms with Crippen LogP contribution in [0.3, 0.4) is 0 Å². The molecule has 2 aromatic carbocycles. The Morgan fingerprint density at radius 1 is 1.12 bits per heavy atom. The van der Waals surface area contributed by atoms with Crippen LogP contribution >= 0.6 is 15.9 Å². The summed E-state index contributed by atoms with van der Waals surface area (Å²) in [5, 5.41) is 13.7. The second kappa shape index (κ2) is 8.39. The largest absolute Gasteiger partial charge is 0.503 e. The molecule has 2 rings (SSSR count). The van der Waals surface area contributed by atoms with E-state index in [1.54, 1.807) is 30.3 Å². The Morgan fingerprint density at radius 2 is 1.84 bits per heavy atom. The minimum absolute atomic E-state index is 0.00773. The number of benzene rings is 2. The maximum Gasteiger partial charge on any atom is 0.275 e. The lowest BCUT2D eigenvalue weighted by molar-refractivity contribution is 0.0952. The van der Waals surface area contributed by atoms with Gasteiger partial charge in [0.05, 0.1) is 37.6 Å². The van der Waals surface area contributed by atoms with Crippen LogP contribution in [-0.4, -0.2) is 38.6 Å². The van der Waals surface area contributed by atoms with Gasteiger partial charge < -0.3 is 19.3 Å². The van der Waals surface area contributed by atoms with Gasteiger partial charge in [-0.15, -0.1) is 0 Å². The van der Waals surface area contributed by atoms with Crippen LogP contribution in [-0.2, 0) is 0 Å². The first-order valence-electron chi connectivity index (χ1n) is 7.12. The number of rotatable bonds is 6. The van der Waals surface area contributed by atoms with Gasteiger partial charge >= 0.3 is 0 Å². The van der Waals surface area contributed by atoms with E-state index < -0.39 is 5.91 Å². The number of aromatic hydroxyl groups is 1. The molecule has 0 fully saturated rings. The topological polar surface area (TPSA) is 89.4 Å². The van der Waals surface area contributed by atoms with E-state index in [0.29, 0.717) is 32.8 Å². The quantitative estimate of drug-likeness (QED) is 0.566. The number of nitrogens with one attached hydrogen (secondary N) is 1. The van der Waals surface area contributed by atoms with E-state index in [9.17, 15) is 9.90 Å². The highest BCUT2D eigenvalue weighted by Gasteiger charge is 2.13. The van der Waals surface area contributed by atoms with E-state index in [1.807, 2.05) is 0 Å². The summed E-state index contributed by atoms with van der Waals surface area (Å²) >= 11 is 3.22. The average Bonchev–Trinajstić information content (AvgIpc) is 2.63. The number of phenolic OH excluding ortho intramolecular Hbond substituents is 1. The van der Waals surface area contributed by atoms with Crippen molar-refractivity contribution in [1.29, 1.82) is 0 Å². The average molecular weight is 409 g/mol. The van der Waals surface area contributed by atoms with E-state index in [2.05, 4.69) is 26.5 Å². The fourth-order valence-corrected chi connectivity index (χ4v) is 2.50. The summed E-state index contributed by atoms with van der Waals surface area (Å²) in [6.07, 6.45) is 1.43. The van der Waals surface area contributed by atoms with E-state index in [4.69, 9.17) is 14.2 Å². The lowest BCUT2D eigenvalue weighted by Crippen LogP contribution is -2.18. The van der Waals surface area contributed by atoms with Crippen molar-refractivity contribution in [2.75, 3.05) is 21.3 Å². The van der Waals surface area contributed by atoms with E-state index in [0.717, 1.165) is 0 Å². The van der Waals surface area contributed by atoms with Crippen LogP contribution in [0.1, 0.15) is 15.9 Å². The molecule has 0 saturated carbocycles. The van der Waals surface area contributed by atoms with E-state index in [-0.39, 0.29) is 5.75 Å². The zero-order valence-electron chi connectivity index (χ0n) is 13.9. The highest BCUT2D eigenvalue weighted by molar-refractivity contribution is 9.10. The lowest BCUT2D eigenvalue weighted by atomic mass is 10.2. The predicted octanol–water partition coefficient (Wildman–Crippen LogP) is 2.94. The van der Waals surface area contributed by atoms with E-state index in [1.165, 1.54) is 27.5 Å². The fraction of sp³-hybridized carbons (Fsp3) is 0.176. The van der Waals surface area contributed by atoms with Crippen molar-refractivity contribution < 1.29 is 24.1 Å². The summed E-state index contributed by atoms with van der Waals surface area (Å²) in [6.45, 7) is 0. The standard InChI is InChI=1S/C17H17BrN2O5/c1-23-11-4-5-12(14(8-11)24-2)17(22)20-19-9-10-6-13(18)16(21)15(7-10)25-3/h4-9,21H,1-3H3,(H,20,22)/b19-9-. The van der Waals surface area contributed by atoms with Crippen molar-refractivity contribution >= 4 is 28.1 Å². The summed E-state index contributed by atoms with van der Waals surface area (Å²) in [5.74, 6) is 0.810. The Balaban J connectivity index is 2.15. The Labute approximate surface area is 153 Å².